The predicted molar refractivity (Wildman–Crippen MR) is 75.1 cm³/mol. The Morgan fingerprint density at radius 1 is 1.30 bits per heavy atom. The molecular formula is C15H20N2O3. The van der Waals surface area contributed by atoms with Gasteiger partial charge in [-0.2, -0.15) is 0 Å². The van der Waals surface area contributed by atoms with Crippen LogP contribution in [-0.4, -0.2) is 41.5 Å². The van der Waals surface area contributed by atoms with Gasteiger partial charge < -0.3 is 10.4 Å². The van der Waals surface area contributed by atoms with Crippen LogP contribution in [0.1, 0.15) is 18.4 Å². The van der Waals surface area contributed by atoms with Crippen molar-refractivity contribution in [3.05, 3.63) is 35.9 Å². The quantitative estimate of drug-likeness (QED) is 0.845. The number of carbonyl (C=O) groups excluding carboxylic acids is 1. The van der Waals surface area contributed by atoms with Gasteiger partial charge in [0.1, 0.15) is 6.54 Å². The number of nitrogens with zero attached hydrogens (tertiary/aromatic N) is 1. The fourth-order valence-electron chi connectivity index (χ4n) is 2.56. The standard InChI is InChI=1S/C15H20N2O3/c18-14(19)9-16-15(20)13-7-4-8-17(11-13)10-12-5-2-1-3-6-12/h1-3,5-6,13H,4,7-11H2,(H,16,20)(H,18,19)/t13-/m1/s1. The van der Waals surface area contributed by atoms with Crippen molar-refractivity contribution in [3.63, 3.8) is 0 Å². The molecule has 0 spiro atoms. The molecule has 108 valence electrons. The molecule has 1 saturated heterocycles. The highest BCUT2D eigenvalue weighted by Gasteiger charge is 2.25. The van der Waals surface area contributed by atoms with Crippen molar-refractivity contribution in [3.8, 4) is 0 Å². The lowest BCUT2D eigenvalue weighted by molar-refractivity contribution is -0.138. The lowest BCUT2D eigenvalue weighted by atomic mass is 9.96. The minimum atomic E-state index is -1.00. The van der Waals surface area contributed by atoms with Crippen LogP contribution in [0.5, 0.6) is 0 Å². The molecule has 0 saturated carbocycles. The monoisotopic (exact) mass is 276 g/mol. The van der Waals surface area contributed by atoms with Crippen LogP contribution in [0.15, 0.2) is 30.3 Å². The molecule has 1 aromatic carbocycles. The molecule has 2 N–H and O–H groups in total. The van der Waals surface area contributed by atoms with Crippen LogP contribution >= 0.6 is 0 Å². The van der Waals surface area contributed by atoms with Gasteiger partial charge in [0, 0.05) is 13.1 Å². The number of benzene rings is 1. The van der Waals surface area contributed by atoms with Crippen molar-refractivity contribution in [2.24, 2.45) is 5.92 Å². The molecule has 2 rings (SSSR count). The first kappa shape index (κ1) is 14.5. The van der Waals surface area contributed by atoms with Crippen molar-refractivity contribution in [1.29, 1.82) is 0 Å². The number of hydrogen-bond donors (Lipinski definition) is 2. The topological polar surface area (TPSA) is 69.6 Å². The molecule has 1 atom stereocenters. The summed E-state index contributed by atoms with van der Waals surface area (Å²) in [7, 11) is 0. The molecule has 1 amide bonds. The fourth-order valence-corrected chi connectivity index (χ4v) is 2.56. The largest absolute Gasteiger partial charge is 0.480 e. The number of carboxylic acid groups (broad SMARTS) is 1. The lowest BCUT2D eigenvalue weighted by Gasteiger charge is -2.31. The number of nitrogens with one attached hydrogen (secondary N) is 1. The van der Waals surface area contributed by atoms with E-state index in [-0.39, 0.29) is 18.4 Å². The Morgan fingerprint density at radius 3 is 2.75 bits per heavy atom. The van der Waals surface area contributed by atoms with Crippen LogP contribution in [0.2, 0.25) is 0 Å². The number of aliphatic carboxylic acids is 1. The summed E-state index contributed by atoms with van der Waals surface area (Å²) < 4.78 is 0. The van der Waals surface area contributed by atoms with Crippen LogP contribution in [0, 0.1) is 5.92 Å². The van der Waals surface area contributed by atoms with Gasteiger partial charge in [0.15, 0.2) is 0 Å². The van der Waals surface area contributed by atoms with Gasteiger partial charge in [-0.15, -0.1) is 0 Å². The van der Waals surface area contributed by atoms with Crippen molar-refractivity contribution in [2.75, 3.05) is 19.6 Å². The highest BCUT2D eigenvalue weighted by molar-refractivity contribution is 5.83. The number of amides is 1. The van der Waals surface area contributed by atoms with E-state index in [4.69, 9.17) is 5.11 Å². The van der Waals surface area contributed by atoms with E-state index in [1.807, 2.05) is 18.2 Å². The van der Waals surface area contributed by atoms with E-state index in [0.29, 0.717) is 6.54 Å². The number of hydrogen-bond acceptors (Lipinski definition) is 3. The number of carbonyl (C=O) groups is 2. The summed E-state index contributed by atoms with van der Waals surface area (Å²) in [5, 5.41) is 11.1. The lowest BCUT2D eigenvalue weighted by Crippen LogP contribution is -2.43. The molecule has 1 aliphatic rings. The zero-order valence-electron chi connectivity index (χ0n) is 11.4. The molecule has 1 fully saturated rings. The Kier molecular flexibility index (Phi) is 5.12. The van der Waals surface area contributed by atoms with Gasteiger partial charge in [-0.1, -0.05) is 30.3 Å². The number of rotatable bonds is 5. The third-order valence-electron chi connectivity index (χ3n) is 3.54. The third kappa shape index (κ3) is 4.35. The van der Waals surface area contributed by atoms with E-state index in [1.165, 1.54) is 5.56 Å². The summed E-state index contributed by atoms with van der Waals surface area (Å²) in [5.74, 6) is -1.26. The van der Waals surface area contributed by atoms with Crippen molar-refractivity contribution in [2.45, 2.75) is 19.4 Å². The molecule has 5 heteroatoms. The summed E-state index contributed by atoms with van der Waals surface area (Å²) in [5.41, 5.74) is 1.24. The summed E-state index contributed by atoms with van der Waals surface area (Å²) in [6.45, 7) is 2.22. The van der Waals surface area contributed by atoms with E-state index >= 15 is 0 Å². The zero-order valence-corrected chi connectivity index (χ0v) is 11.4. The van der Waals surface area contributed by atoms with Gasteiger partial charge in [-0.05, 0) is 24.9 Å². The first-order chi connectivity index (χ1) is 9.65. The Labute approximate surface area is 118 Å². The molecule has 0 radical (unpaired) electrons. The Balaban J connectivity index is 1.85. The van der Waals surface area contributed by atoms with Crippen LogP contribution in [0.3, 0.4) is 0 Å². The molecule has 20 heavy (non-hydrogen) atoms. The molecule has 1 aromatic rings. The van der Waals surface area contributed by atoms with Crippen LogP contribution < -0.4 is 5.32 Å². The fraction of sp³-hybridized carbons (Fsp3) is 0.467. The van der Waals surface area contributed by atoms with Crippen LogP contribution in [0.4, 0.5) is 0 Å². The maximum Gasteiger partial charge on any atom is 0.322 e. The molecule has 1 heterocycles. The van der Waals surface area contributed by atoms with Crippen molar-refractivity contribution in [1.82, 2.24) is 10.2 Å². The molecule has 0 aromatic heterocycles. The second-order valence-electron chi connectivity index (χ2n) is 5.17. The third-order valence-corrected chi connectivity index (χ3v) is 3.54. The second kappa shape index (κ2) is 7.05. The molecular weight excluding hydrogens is 256 g/mol. The minimum absolute atomic E-state index is 0.105. The van der Waals surface area contributed by atoms with E-state index < -0.39 is 5.97 Å². The first-order valence-corrected chi connectivity index (χ1v) is 6.91. The number of likely N-dealkylation sites (tertiary alicyclic amines) is 1. The van der Waals surface area contributed by atoms with Crippen LogP contribution in [0.25, 0.3) is 0 Å². The van der Waals surface area contributed by atoms with Gasteiger partial charge in [0.05, 0.1) is 5.92 Å². The van der Waals surface area contributed by atoms with Gasteiger partial charge in [-0.3, -0.25) is 14.5 Å². The number of carboxylic acids is 1. The van der Waals surface area contributed by atoms with Crippen molar-refractivity contribution < 1.29 is 14.7 Å². The minimum Gasteiger partial charge on any atom is -0.480 e. The first-order valence-electron chi connectivity index (χ1n) is 6.91. The molecule has 1 aliphatic heterocycles. The average molecular weight is 276 g/mol. The van der Waals surface area contributed by atoms with E-state index in [1.54, 1.807) is 0 Å². The second-order valence-corrected chi connectivity index (χ2v) is 5.17. The molecule has 0 bridgehead atoms. The predicted octanol–water partition coefficient (Wildman–Crippen LogP) is 1.10. The summed E-state index contributed by atoms with van der Waals surface area (Å²) in [6.07, 6.45) is 1.80. The molecule has 5 nitrogen and oxygen atoms in total. The Morgan fingerprint density at radius 2 is 2.05 bits per heavy atom. The Bertz CT molecular complexity index is 461. The van der Waals surface area contributed by atoms with E-state index in [9.17, 15) is 9.59 Å². The van der Waals surface area contributed by atoms with E-state index in [2.05, 4.69) is 22.3 Å². The average Bonchev–Trinajstić information content (AvgIpc) is 2.46. The van der Waals surface area contributed by atoms with Gasteiger partial charge in [-0.25, -0.2) is 0 Å². The van der Waals surface area contributed by atoms with E-state index in [0.717, 1.165) is 25.9 Å². The smallest absolute Gasteiger partial charge is 0.322 e. The van der Waals surface area contributed by atoms with Gasteiger partial charge in [0.25, 0.3) is 0 Å². The maximum atomic E-state index is 11.9. The zero-order chi connectivity index (χ0) is 14.4. The van der Waals surface area contributed by atoms with Crippen molar-refractivity contribution >= 4 is 11.9 Å². The number of piperidine rings is 1. The van der Waals surface area contributed by atoms with Gasteiger partial charge >= 0.3 is 5.97 Å². The Hall–Kier alpha value is -1.88. The van der Waals surface area contributed by atoms with Gasteiger partial charge in [0.2, 0.25) is 5.91 Å². The normalized spacial score (nSPS) is 19.5. The highest BCUT2D eigenvalue weighted by atomic mass is 16.4. The summed E-state index contributed by atoms with van der Waals surface area (Å²) in [6, 6.07) is 10.2. The molecule has 0 aliphatic carbocycles. The van der Waals surface area contributed by atoms with Crippen LogP contribution in [-0.2, 0) is 16.1 Å². The maximum absolute atomic E-state index is 11.9. The molecule has 0 unspecified atom stereocenters. The SMILES string of the molecule is O=C(O)CNC(=O)[C@@H]1CCCN(Cc2ccccc2)C1. The summed E-state index contributed by atoms with van der Waals surface area (Å²) >= 11 is 0. The summed E-state index contributed by atoms with van der Waals surface area (Å²) in [4.78, 5) is 24.6. The highest BCUT2D eigenvalue weighted by Crippen LogP contribution is 2.18.